The average Bonchev–Trinajstić information content (AvgIpc) is 2.79. The van der Waals surface area contributed by atoms with Crippen molar-refractivity contribution in [1.82, 2.24) is 9.62 Å². The van der Waals surface area contributed by atoms with E-state index in [1.807, 2.05) is 13.0 Å². The van der Waals surface area contributed by atoms with Gasteiger partial charge in [0, 0.05) is 18.7 Å². The smallest absolute Gasteiger partial charge is 0.243 e. The van der Waals surface area contributed by atoms with Gasteiger partial charge in [0.1, 0.15) is 11.5 Å². The second kappa shape index (κ2) is 9.49. The Bertz CT molecular complexity index is 978. The molecule has 2 aromatic carbocycles. The van der Waals surface area contributed by atoms with Gasteiger partial charge in [-0.2, -0.15) is 4.31 Å². The van der Waals surface area contributed by atoms with Crippen molar-refractivity contribution < 1.29 is 22.7 Å². The van der Waals surface area contributed by atoms with Crippen molar-refractivity contribution in [2.75, 3.05) is 27.3 Å². The Hall–Kier alpha value is -2.58. The molecule has 162 valence electrons. The van der Waals surface area contributed by atoms with Gasteiger partial charge in [0.25, 0.3) is 0 Å². The van der Waals surface area contributed by atoms with E-state index >= 15 is 0 Å². The molecule has 1 saturated heterocycles. The normalized spacial score (nSPS) is 18.4. The third-order valence-corrected chi connectivity index (χ3v) is 7.28. The summed E-state index contributed by atoms with van der Waals surface area (Å²) in [6.07, 6.45) is 1.29. The molecule has 30 heavy (non-hydrogen) atoms. The Morgan fingerprint density at radius 1 is 1.13 bits per heavy atom. The van der Waals surface area contributed by atoms with Gasteiger partial charge in [0.15, 0.2) is 0 Å². The zero-order chi connectivity index (χ0) is 21.7. The zero-order valence-electron chi connectivity index (χ0n) is 17.5. The number of carbonyl (C=O) groups is 1. The molecule has 3 rings (SSSR count). The molecule has 1 aliphatic heterocycles. The van der Waals surface area contributed by atoms with Crippen molar-refractivity contribution in [2.45, 2.75) is 30.7 Å². The Balaban J connectivity index is 1.72. The summed E-state index contributed by atoms with van der Waals surface area (Å²) in [5, 5.41) is 3.01. The van der Waals surface area contributed by atoms with Crippen LogP contribution in [-0.4, -0.2) is 45.9 Å². The predicted octanol–water partition coefficient (Wildman–Crippen LogP) is 2.98. The Kier molecular flexibility index (Phi) is 6.99. The third kappa shape index (κ3) is 4.76. The van der Waals surface area contributed by atoms with Crippen LogP contribution in [0.5, 0.6) is 11.5 Å². The molecule has 0 bridgehead atoms. The minimum atomic E-state index is -3.61. The quantitative estimate of drug-likeness (QED) is 0.727. The van der Waals surface area contributed by atoms with Gasteiger partial charge in [-0.25, -0.2) is 8.42 Å². The molecule has 2 atom stereocenters. The lowest BCUT2D eigenvalue weighted by Gasteiger charge is -2.32. The van der Waals surface area contributed by atoms with E-state index < -0.39 is 15.9 Å². The first-order valence-electron chi connectivity index (χ1n) is 9.94. The zero-order valence-corrected chi connectivity index (χ0v) is 18.3. The first-order chi connectivity index (χ1) is 14.4. The second-order valence-electron chi connectivity index (χ2n) is 7.35. The third-order valence-electron chi connectivity index (χ3n) is 5.40. The Labute approximate surface area is 178 Å². The van der Waals surface area contributed by atoms with Crippen LogP contribution in [0.25, 0.3) is 0 Å². The van der Waals surface area contributed by atoms with Crippen LogP contribution in [0, 0.1) is 5.92 Å². The van der Waals surface area contributed by atoms with Gasteiger partial charge in [-0.15, -0.1) is 0 Å². The lowest BCUT2D eigenvalue weighted by molar-refractivity contribution is -0.126. The number of benzene rings is 2. The standard InChI is InChI=1S/C22H28N2O5S/c1-16(20-14-18(28-2)11-12-21(20)29-3)23-22(25)17-8-7-13-24(15-17)30(26,27)19-9-5-4-6-10-19/h4-6,9-12,14,16-17H,7-8,13,15H2,1-3H3,(H,23,25)/t16-,17+/m1/s1. The lowest BCUT2D eigenvalue weighted by atomic mass is 9.97. The van der Waals surface area contributed by atoms with E-state index in [0.29, 0.717) is 30.9 Å². The number of rotatable bonds is 7. The molecule has 1 amide bonds. The highest BCUT2D eigenvalue weighted by molar-refractivity contribution is 7.89. The molecule has 7 nitrogen and oxygen atoms in total. The fraction of sp³-hybridized carbons (Fsp3) is 0.409. The van der Waals surface area contributed by atoms with Gasteiger partial charge in [0.2, 0.25) is 15.9 Å². The molecule has 0 saturated carbocycles. The Morgan fingerprint density at radius 3 is 2.53 bits per heavy atom. The van der Waals surface area contributed by atoms with E-state index in [2.05, 4.69) is 5.32 Å². The van der Waals surface area contributed by atoms with Gasteiger partial charge in [-0.05, 0) is 50.1 Å². The highest BCUT2D eigenvalue weighted by Gasteiger charge is 2.33. The highest BCUT2D eigenvalue weighted by atomic mass is 32.2. The lowest BCUT2D eigenvalue weighted by Crippen LogP contribution is -2.45. The molecule has 1 fully saturated rings. The molecule has 2 aromatic rings. The van der Waals surface area contributed by atoms with E-state index in [-0.39, 0.29) is 23.4 Å². The fourth-order valence-electron chi connectivity index (χ4n) is 3.70. The van der Waals surface area contributed by atoms with Gasteiger partial charge >= 0.3 is 0 Å². The second-order valence-corrected chi connectivity index (χ2v) is 9.29. The molecule has 0 aromatic heterocycles. The maximum atomic E-state index is 12.9. The van der Waals surface area contributed by atoms with Crippen LogP contribution in [-0.2, 0) is 14.8 Å². The molecule has 1 aliphatic rings. The van der Waals surface area contributed by atoms with E-state index in [1.54, 1.807) is 56.7 Å². The maximum absolute atomic E-state index is 12.9. The molecule has 0 aliphatic carbocycles. The van der Waals surface area contributed by atoms with Crippen LogP contribution in [0.3, 0.4) is 0 Å². The van der Waals surface area contributed by atoms with Crippen molar-refractivity contribution in [3.63, 3.8) is 0 Å². The number of ether oxygens (including phenoxy) is 2. The minimum Gasteiger partial charge on any atom is -0.497 e. The van der Waals surface area contributed by atoms with Crippen LogP contribution in [0.1, 0.15) is 31.4 Å². The first kappa shape index (κ1) is 22.1. The van der Waals surface area contributed by atoms with Crippen molar-refractivity contribution in [1.29, 1.82) is 0 Å². The highest BCUT2D eigenvalue weighted by Crippen LogP contribution is 2.30. The molecular weight excluding hydrogens is 404 g/mol. The summed E-state index contributed by atoms with van der Waals surface area (Å²) in [4.78, 5) is 13.2. The SMILES string of the molecule is COc1ccc(OC)c([C@@H](C)NC(=O)[C@H]2CCCN(S(=O)(=O)c3ccccc3)C2)c1. The monoisotopic (exact) mass is 432 g/mol. The number of nitrogens with one attached hydrogen (secondary N) is 1. The number of piperidine rings is 1. The largest absolute Gasteiger partial charge is 0.497 e. The summed E-state index contributed by atoms with van der Waals surface area (Å²) in [6, 6.07) is 13.4. The molecule has 0 unspecified atom stereocenters. The van der Waals surface area contributed by atoms with E-state index in [4.69, 9.17) is 9.47 Å². The summed E-state index contributed by atoms with van der Waals surface area (Å²) >= 11 is 0. The van der Waals surface area contributed by atoms with Gasteiger partial charge in [0.05, 0.1) is 31.1 Å². The number of amides is 1. The summed E-state index contributed by atoms with van der Waals surface area (Å²) in [5.41, 5.74) is 0.801. The molecule has 1 heterocycles. The predicted molar refractivity (Wildman–Crippen MR) is 114 cm³/mol. The van der Waals surface area contributed by atoms with E-state index in [0.717, 1.165) is 5.56 Å². The minimum absolute atomic E-state index is 0.166. The number of hydrogen-bond acceptors (Lipinski definition) is 5. The molecular formula is C22H28N2O5S. The number of methoxy groups -OCH3 is 2. The van der Waals surface area contributed by atoms with Crippen molar-refractivity contribution in [2.24, 2.45) is 5.92 Å². The van der Waals surface area contributed by atoms with Gasteiger partial charge < -0.3 is 14.8 Å². The summed E-state index contributed by atoms with van der Waals surface area (Å²) < 4.78 is 37.9. The molecule has 0 spiro atoms. The van der Waals surface area contributed by atoms with E-state index in [9.17, 15) is 13.2 Å². The number of hydrogen-bond donors (Lipinski definition) is 1. The van der Waals surface area contributed by atoms with Crippen LogP contribution in [0.4, 0.5) is 0 Å². The topological polar surface area (TPSA) is 84.9 Å². The summed E-state index contributed by atoms with van der Waals surface area (Å²) in [5.74, 6) is 0.752. The van der Waals surface area contributed by atoms with Crippen LogP contribution >= 0.6 is 0 Å². The van der Waals surface area contributed by atoms with Crippen LogP contribution < -0.4 is 14.8 Å². The van der Waals surface area contributed by atoms with Crippen molar-refractivity contribution >= 4 is 15.9 Å². The van der Waals surface area contributed by atoms with Gasteiger partial charge in [-0.1, -0.05) is 18.2 Å². The van der Waals surface area contributed by atoms with Crippen molar-refractivity contribution in [3.05, 3.63) is 54.1 Å². The molecule has 1 N–H and O–H groups in total. The number of sulfonamides is 1. The summed E-state index contributed by atoms with van der Waals surface area (Å²) in [7, 11) is -0.453. The van der Waals surface area contributed by atoms with Crippen molar-refractivity contribution in [3.8, 4) is 11.5 Å². The van der Waals surface area contributed by atoms with Gasteiger partial charge in [-0.3, -0.25) is 4.79 Å². The average molecular weight is 433 g/mol. The number of carbonyl (C=O) groups excluding carboxylic acids is 1. The molecule has 8 heteroatoms. The van der Waals surface area contributed by atoms with E-state index in [1.165, 1.54) is 4.31 Å². The number of nitrogens with zero attached hydrogens (tertiary/aromatic N) is 1. The Morgan fingerprint density at radius 2 is 1.87 bits per heavy atom. The molecule has 0 radical (unpaired) electrons. The fourth-order valence-corrected chi connectivity index (χ4v) is 5.25. The summed E-state index contributed by atoms with van der Waals surface area (Å²) in [6.45, 7) is 2.46. The maximum Gasteiger partial charge on any atom is 0.243 e. The first-order valence-corrected chi connectivity index (χ1v) is 11.4. The van der Waals surface area contributed by atoms with Crippen LogP contribution in [0.15, 0.2) is 53.4 Å². The van der Waals surface area contributed by atoms with Crippen LogP contribution in [0.2, 0.25) is 0 Å².